The Morgan fingerprint density at radius 1 is 1.52 bits per heavy atom. The average molecular weight is 315 g/mol. The molecular formula is C15H19ClO5. The van der Waals surface area contributed by atoms with E-state index in [1.54, 1.807) is 6.07 Å². The van der Waals surface area contributed by atoms with Gasteiger partial charge in [0.1, 0.15) is 5.56 Å². The molecule has 6 heteroatoms. The van der Waals surface area contributed by atoms with Gasteiger partial charge in [0, 0.05) is 17.7 Å². The van der Waals surface area contributed by atoms with Crippen LogP contribution in [0.5, 0.6) is 11.5 Å². The van der Waals surface area contributed by atoms with Crippen LogP contribution in [0.2, 0.25) is 5.02 Å². The zero-order valence-electron chi connectivity index (χ0n) is 11.9. The van der Waals surface area contributed by atoms with Crippen molar-refractivity contribution >= 4 is 17.6 Å². The molecule has 5 nitrogen and oxygen atoms in total. The molecule has 1 aromatic rings. The van der Waals surface area contributed by atoms with E-state index in [4.69, 9.17) is 25.8 Å². The Balaban J connectivity index is 1.98. The molecule has 1 unspecified atom stereocenters. The topological polar surface area (TPSA) is 65.0 Å². The molecule has 0 aromatic heterocycles. The van der Waals surface area contributed by atoms with Gasteiger partial charge in [-0.1, -0.05) is 11.6 Å². The Bertz CT molecular complexity index is 497. The van der Waals surface area contributed by atoms with Crippen LogP contribution in [0.15, 0.2) is 12.1 Å². The van der Waals surface area contributed by atoms with E-state index < -0.39 is 5.97 Å². The Morgan fingerprint density at radius 2 is 2.33 bits per heavy atom. The second-order valence-corrected chi connectivity index (χ2v) is 5.35. The highest BCUT2D eigenvalue weighted by Gasteiger charge is 2.19. The van der Waals surface area contributed by atoms with Gasteiger partial charge in [0.25, 0.3) is 0 Å². The molecule has 0 amide bonds. The maximum absolute atomic E-state index is 11.3. The van der Waals surface area contributed by atoms with E-state index in [-0.39, 0.29) is 11.3 Å². The summed E-state index contributed by atoms with van der Waals surface area (Å²) < 4.78 is 16.3. The summed E-state index contributed by atoms with van der Waals surface area (Å²) in [6, 6.07) is 2.91. The average Bonchev–Trinajstić information content (AvgIpc) is 2.97. The smallest absolute Gasteiger partial charge is 0.339 e. The summed E-state index contributed by atoms with van der Waals surface area (Å²) in [5, 5.41) is 9.53. The predicted octanol–water partition coefficient (Wildman–Crippen LogP) is 3.38. The monoisotopic (exact) mass is 314 g/mol. The molecule has 0 aliphatic carbocycles. The van der Waals surface area contributed by atoms with Crippen LogP contribution in [0.4, 0.5) is 0 Å². The van der Waals surface area contributed by atoms with Gasteiger partial charge in [-0.25, -0.2) is 4.79 Å². The second-order valence-electron chi connectivity index (χ2n) is 4.92. The molecule has 1 atom stereocenters. The molecular weight excluding hydrogens is 296 g/mol. The molecule has 0 radical (unpaired) electrons. The van der Waals surface area contributed by atoms with Gasteiger partial charge in [0.15, 0.2) is 11.5 Å². The Morgan fingerprint density at radius 3 is 2.95 bits per heavy atom. The zero-order chi connectivity index (χ0) is 15.2. The van der Waals surface area contributed by atoms with E-state index in [1.807, 2.05) is 0 Å². The predicted molar refractivity (Wildman–Crippen MR) is 78.7 cm³/mol. The molecule has 2 rings (SSSR count). The first-order valence-electron chi connectivity index (χ1n) is 6.97. The van der Waals surface area contributed by atoms with Crippen LogP contribution in [0.25, 0.3) is 0 Å². The fourth-order valence-electron chi connectivity index (χ4n) is 2.39. The lowest BCUT2D eigenvalue weighted by atomic mass is 10.1. The first kappa shape index (κ1) is 15.9. The quantitative estimate of drug-likeness (QED) is 0.782. The van der Waals surface area contributed by atoms with Crippen LogP contribution in [0.1, 0.15) is 36.0 Å². The molecule has 1 fully saturated rings. The van der Waals surface area contributed by atoms with Crippen molar-refractivity contribution in [2.75, 3.05) is 20.3 Å². The largest absolute Gasteiger partial charge is 0.493 e. The minimum absolute atomic E-state index is 0.0106. The lowest BCUT2D eigenvalue weighted by molar-refractivity contribution is 0.0689. The third-order valence-corrected chi connectivity index (χ3v) is 3.63. The van der Waals surface area contributed by atoms with E-state index in [1.165, 1.54) is 13.2 Å². The van der Waals surface area contributed by atoms with Gasteiger partial charge in [-0.3, -0.25) is 0 Å². The number of rotatable bonds is 7. The standard InChI is InChI=1S/C15H19ClO5/c1-19-13-9-10(16)8-12(15(17)18)14(13)21-7-3-5-11-4-2-6-20-11/h8-9,11H,2-7H2,1H3,(H,17,18). The van der Waals surface area contributed by atoms with Crippen LogP contribution >= 0.6 is 11.6 Å². The van der Waals surface area contributed by atoms with E-state index in [0.717, 1.165) is 32.3 Å². The summed E-state index contributed by atoms with van der Waals surface area (Å²) in [5.41, 5.74) is 0.0106. The Kier molecular flexibility index (Phi) is 5.70. The van der Waals surface area contributed by atoms with Crippen molar-refractivity contribution in [3.8, 4) is 11.5 Å². The maximum Gasteiger partial charge on any atom is 0.339 e. The Labute approximate surface area is 128 Å². The molecule has 1 heterocycles. The van der Waals surface area contributed by atoms with Crippen molar-refractivity contribution in [3.05, 3.63) is 22.7 Å². The number of benzene rings is 1. The van der Waals surface area contributed by atoms with Gasteiger partial charge in [0.2, 0.25) is 0 Å². The van der Waals surface area contributed by atoms with Crippen LogP contribution in [0, 0.1) is 0 Å². The normalized spacial score (nSPS) is 17.7. The lowest BCUT2D eigenvalue weighted by Gasteiger charge is -2.14. The van der Waals surface area contributed by atoms with Gasteiger partial charge in [-0.15, -0.1) is 0 Å². The SMILES string of the molecule is COc1cc(Cl)cc(C(=O)O)c1OCCCC1CCCO1. The number of ether oxygens (including phenoxy) is 3. The number of hydrogen-bond donors (Lipinski definition) is 1. The molecule has 21 heavy (non-hydrogen) atoms. The summed E-state index contributed by atoms with van der Waals surface area (Å²) in [4.78, 5) is 11.3. The fraction of sp³-hybridized carbons (Fsp3) is 0.533. The highest BCUT2D eigenvalue weighted by Crippen LogP contribution is 2.35. The van der Waals surface area contributed by atoms with Crippen LogP contribution in [-0.2, 0) is 4.74 Å². The van der Waals surface area contributed by atoms with Gasteiger partial charge in [-0.2, -0.15) is 0 Å². The third-order valence-electron chi connectivity index (χ3n) is 3.41. The van der Waals surface area contributed by atoms with Crippen molar-refractivity contribution in [1.29, 1.82) is 0 Å². The molecule has 1 aliphatic rings. The van der Waals surface area contributed by atoms with Gasteiger partial charge >= 0.3 is 5.97 Å². The molecule has 0 spiro atoms. The van der Waals surface area contributed by atoms with Crippen LogP contribution in [0.3, 0.4) is 0 Å². The minimum atomic E-state index is -1.09. The number of carboxylic acid groups (broad SMARTS) is 1. The molecule has 1 saturated heterocycles. The van der Waals surface area contributed by atoms with E-state index in [0.29, 0.717) is 23.5 Å². The number of carboxylic acids is 1. The van der Waals surface area contributed by atoms with Crippen molar-refractivity contribution < 1.29 is 24.1 Å². The van der Waals surface area contributed by atoms with Gasteiger partial charge in [0.05, 0.1) is 19.8 Å². The minimum Gasteiger partial charge on any atom is -0.493 e. The first-order chi connectivity index (χ1) is 10.1. The summed E-state index contributed by atoms with van der Waals surface area (Å²) in [6.45, 7) is 1.25. The molecule has 0 saturated carbocycles. The van der Waals surface area contributed by atoms with Gasteiger partial charge < -0.3 is 19.3 Å². The molecule has 1 aliphatic heterocycles. The number of aromatic carboxylic acids is 1. The summed E-state index contributed by atoms with van der Waals surface area (Å²) >= 11 is 5.88. The molecule has 116 valence electrons. The van der Waals surface area contributed by atoms with Crippen LogP contribution < -0.4 is 9.47 Å². The summed E-state index contributed by atoms with van der Waals surface area (Å²) in [7, 11) is 1.45. The van der Waals surface area contributed by atoms with Crippen molar-refractivity contribution in [3.63, 3.8) is 0 Å². The van der Waals surface area contributed by atoms with E-state index in [2.05, 4.69) is 0 Å². The van der Waals surface area contributed by atoms with Gasteiger partial charge in [-0.05, 0) is 31.7 Å². The zero-order valence-corrected chi connectivity index (χ0v) is 12.7. The van der Waals surface area contributed by atoms with Crippen LogP contribution in [-0.4, -0.2) is 37.5 Å². The highest BCUT2D eigenvalue weighted by atomic mass is 35.5. The second kappa shape index (κ2) is 7.52. The van der Waals surface area contributed by atoms with Crippen molar-refractivity contribution in [2.45, 2.75) is 31.8 Å². The number of hydrogen-bond acceptors (Lipinski definition) is 4. The molecule has 0 bridgehead atoms. The number of methoxy groups -OCH3 is 1. The number of halogens is 1. The number of carbonyl (C=O) groups is 1. The first-order valence-corrected chi connectivity index (χ1v) is 7.35. The molecule has 1 aromatic carbocycles. The highest BCUT2D eigenvalue weighted by molar-refractivity contribution is 6.31. The Hall–Kier alpha value is -1.46. The summed E-state index contributed by atoms with van der Waals surface area (Å²) in [5.74, 6) is -0.538. The summed E-state index contributed by atoms with van der Waals surface area (Å²) in [6.07, 6.45) is 4.22. The van der Waals surface area contributed by atoms with Crippen molar-refractivity contribution in [1.82, 2.24) is 0 Å². The van der Waals surface area contributed by atoms with E-state index >= 15 is 0 Å². The lowest BCUT2D eigenvalue weighted by Crippen LogP contribution is -2.10. The third kappa shape index (κ3) is 4.25. The fourth-order valence-corrected chi connectivity index (χ4v) is 2.59. The van der Waals surface area contributed by atoms with Crippen molar-refractivity contribution in [2.24, 2.45) is 0 Å². The molecule has 1 N–H and O–H groups in total. The van der Waals surface area contributed by atoms with E-state index in [9.17, 15) is 9.90 Å². The maximum atomic E-state index is 11.3.